The van der Waals surface area contributed by atoms with Crippen molar-refractivity contribution in [2.24, 2.45) is 0 Å². The number of thioether (sulfide) groups is 1. The van der Waals surface area contributed by atoms with Crippen molar-refractivity contribution in [1.82, 2.24) is 15.2 Å². The van der Waals surface area contributed by atoms with Crippen LogP contribution in [0.3, 0.4) is 0 Å². The summed E-state index contributed by atoms with van der Waals surface area (Å²) in [5, 5.41) is 3.69. The van der Waals surface area contributed by atoms with Crippen LogP contribution in [-0.4, -0.2) is 47.6 Å². The number of anilines is 1. The summed E-state index contributed by atoms with van der Waals surface area (Å²) < 4.78 is 0. The second-order valence-corrected chi connectivity index (χ2v) is 6.63. The second kappa shape index (κ2) is 7.29. The van der Waals surface area contributed by atoms with E-state index in [-0.39, 0.29) is 6.04 Å². The van der Waals surface area contributed by atoms with Gasteiger partial charge in [0.15, 0.2) is 0 Å². The van der Waals surface area contributed by atoms with Gasteiger partial charge in [-0.3, -0.25) is 4.90 Å². The Labute approximate surface area is 126 Å². The predicted molar refractivity (Wildman–Crippen MR) is 88.2 cm³/mol. The third-order valence-corrected chi connectivity index (χ3v) is 5.04. The molecule has 1 fully saturated rings. The van der Waals surface area contributed by atoms with Crippen LogP contribution in [0.15, 0.2) is 12.3 Å². The number of rotatable bonds is 5. The fourth-order valence-corrected chi connectivity index (χ4v) is 4.05. The van der Waals surface area contributed by atoms with Crippen LogP contribution in [0.1, 0.15) is 30.5 Å². The van der Waals surface area contributed by atoms with Crippen molar-refractivity contribution in [3.63, 3.8) is 0 Å². The lowest BCUT2D eigenvalue weighted by Crippen LogP contribution is -2.48. The van der Waals surface area contributed by atoms with Crippen molar-refractivity contribution in [3.8, 4) is 0 Å². The van der Waals surface area contributed by atoms with Crippen LogP contribution in [0.25, 0.3) is 0 Å². The molecule has 1 saturated heterocycles. The lowest BCUT2D eigenvalue weighted by Gasteiger charge is -2.39. The molecule has 0 aromatic carbocycles. The van der Waals surface area contributed by atoms with Gasteiger partial charge in [-0.1, -0.05) is 6.92 Å². The van der Waals surface area contributed by atoms with Crippen molar-refractivity contribution in [3.05, 3.63) is 23.4 Å². The molecular weight excluding hydrogens is 268 g/mol. The lowest BCUT2D eigenvalue weighted by molar-refractivity contribution is 0.215. The fourth-order valence-electron chi connectivity index (χ4n) is 2.78. The van der Waals surface area contributed by atoms with Crippen LogP contribution in [0.4, 0.5) is 5.82 Å². The quantitative estimate of drug-likeness (QED) is 0.870. The Balaban J connectivity index is 2.31. The summed E-state index contributed by atoms with van der Waals surface area (Å²) in [5.74, 6) is 3.03. The van der Waals surface area contributed by atoms with E-state index in [2.05, 4.69) is 42.2 Å². The molecule has 112 valence electrons. The minimum absolute atomic E-state index is 0.265. The largest absolute Gasteiger partial charge is 0.383 e. The molecule has 0 aliphatic carbocycles. The van der Waals surface area contributed by atoms with Gasteiger partial charge < -0.3 is 11.1 Å². The number of hydrogen-bond donors (Lipinski definition) is 2. The van der Waals surface area contributed by atoms with Gasteiger partial charge in [-0.25, -0.2) is 4.98 Å². The summed E-state index contributed by atoms with van der Waals surface area (Å²) in [6.45, 7) is 6.47. The van der Waals surface area contributed by atoms with Gasteiger partial charge in [0, 0.05) is 35.9 Å². The smallest absolute Gasteiger partial charge is 0.128 e. The topological polar surface area (TPSA) is 54.2 Å². The molecule has 0 saturated carbocycles. The molecule has 0 radical (unpaired) electrons. The molecule has 2 rings (SSSR count). The van der Waals surface area contributed by atoms with Crippen molar-refractivity contribution in [1.29, 1.82) is 0 Å². The molecule has 0 bridgehead atoms. The van der Waals surface area contributed by atoms with E-state index in [9.17, 15) is 0 Å². The number of nitrogens with zero attached hydrogens (tertiary/aromatic N) is 2. The minimum Gasteiger partial charge on any atom is -0.383 e. The summed E-state index contributed by atoms with van der Waals surface area (Å²) in [6.07, 6.45) is 2.92. The van der Waals surface area contributed by atoms with E-state index < -0.39 is 0 Å². The van der Waals surface area contributed by atoms with Gasteiger partial charge in [0.2, 0.25) is 0 Å². The van der Waals surface area contributed by atoms with Crippen LogP contribution in [0.5, 0.6) is 0 Å². The Morgan fingerprint density at radius 1 is 1.60 bits per heavy atom. The fraction of sp³-hybridized carbons (Fsp3) is 0.667. The average molecular weight is 294 g/mol. The molecule has 1 aromatic rings. The Hall–Kier alpha value is -0.780. The number of likely N-dealkylation sites (N-methyl/N-ethyl adjacent to an activating group) is 1. The normalized spacial score (nSPS) is 21.9. The highest BCUT2D eigenvalue weighted by atomic mass is 32.2. The monoisotopic (exact) mass is 294 g/mol. The van der Waals surface area contributed by atoms with Gasteiger partial charge in [0.05, 0.1) is 6.04 Å². The predicted octanol–water partition coefficient (Wildman–Crippen LogP) is 2.06. The van der Waals surface area contributed by atoms with Gasteiger partial charge in [-0.2, -0.15) is 11.8 Å². The van der Waals surface area contributed by atoms with Crippen LogP contribution in [0.2, 0.25) is 0 Å². The zero-order chi connectivity index (χ0) is 14.5. The third-order valence-electron chi connectivity index (χ3n) is 3.99. The molecule has 2 atom stereocenters. The SMILES string of the molecule is CCCNC(c1c(C)ccnc1N)C1CSCCN1C. The molecule has 1 aromatic heterocycles. The summed E-state index contributed by atoms with van der Waals surface area (Å²) in [4.78, 5) is 6.76. The van der Waals surface area contributed by atoms with Gasteiger partial charge >= 0.3 is 0 Å². The lowest BCUT2D eigenvalue weighted by atomic mass is 9.95. The molecule has 20 heavy (non-hydrogen) atoms. The molecule has 0 amide bonds. The van der Waals surface area contributed by atoms with Crippen molar-refractivity contribution < 1.29 is 0 Å². The first kappa shape index (κ1) is 15.6. The average Bonchev–Trinajstić information content (AvgIpc) is 2.43. The number of nitrogens with two attached hydrogens (primary N) is 1. The minimum atomic E-state index is 0.265. The van der Waals surface area contributed by atoms with E-state index in [1.54, 1.807) is 6.20 Å². The highest BCUT2D eigenvalue weighted by Gasteiger charge is 2.31. The number of aryl methyl sites for hydroxylation is 1. The number of nitrogens with one attached hydrogen (secondary N) is 1. The molecule has 1 aliphatic heterocycles. The third kappa shape index (κ3) is 3.45. The van der Waals surface area contributed by atoms with E-state index in [1.165, 1.54) is 16.9 Å². The standard InChI is InChI=1S/C15H26N4S/c1-4-6-17-14(12-10-20-9-8-19(12)3)13-11(2)5-7-18-15(13)16/h5,7,12,14,17H,4,6,8-10H2,1-3H3,(H2,16,18). The highest BCUT2D eigenvalue weighted by molar-refractivity contribution is 7.99. The number of nitrogen functional groups attached to an aromatic ring is 1. The Morgan fingerprint density at radius 3 is 3.05 bits per heavy atom. The Morgan fingerprint density at radius 2 is 2.40 bits per heavy atom. The van der Waals surface area contributed by atoms with Gasteiger partial charge in [-0.05, 0) is 38.6 Å². The van der Waals surface area contributed by atoms with Crippen LogP contribution < -0.4 is 11.1 Å². The number of pyridine rings is 1. The molecular formula is C15H26N4S. The molecule has 2 unspecified atom stereocenters. The zero-order valence-corrected chi connectivity index (χ0v) is 13.5. The number of aromatic nitrogens is 1. The highest BCUT2D eigenvalue weighted by Crippen LogP contribution is 2.31. The molecule has 5 heteroatoms. The first-order chi connectivity index (χ1) is 9.65. The van der Waals surface area contributed by atoms with Crippen LogP contribution >= 0.6 is 11.8 Å². The second-order valence-electron chi connectivity index (χ2n) is 5.48. The van der Waals surface area contributed by atoms with E-state index in [4.69, 9.17) is 5.73 Å². The Bertz CT molecular complexity index is 418. The maximum Gasteiger partial charge on any atom is 0.128 e. The summed E-state index contributed by atoms with van der Waals surface area (Å²) >= 11 is 2.03. The summed E-state index contributed by atoms with van der Waals surface area (Å²) in [5.41, 5.74) is 8.58. The molecule has 1 aliphatic rings. The molecule has 2 heterocycles. The summed E-state index contributed by atoms with van der Waals surface area (Å²) in [7, 11) is 2.22. The van der Waals surface area contributed by atoms with Crippen molar-refractivity contribution >= 4 is 17.6 Å². The van der Waals surface area contributed by atoms with E-state index >= 15 is 0 Å². The first-order valence-corrected chi connectivity index (χ1v) is 8.53. The Kier molecular flexibility index (Phi) is 5.69. The van der Waals surface area contributed by atoms with Gasteiger partial charge in [0.1, 0.15) is 5.82 Å². The molecule has 3 N–H and O–H groups in total. The number of hydrogen-bond acceptors (Lipinski definition) is 5. The van der Waals surface area contributed by atoms with Crippen molar-refractivity contribution in [2.75, 3.05) is 37.4 Å². The van der Waals surface area contributed by atoms with E-state index in [1.807, 2.05) is 11.8 Å². The van der Waals surface area contributed by atoms with Crippen LogP contribution in [-0.2, 0) is 0 Å². The summed E-state index contributed by atoms with van der Waals surface area (Å²) in [6, 6.07) is 2.80. The van der Waals surface area contributed by atoms with Gasteiger partial charge in [-0.15, -0.1) is 0 Å². The maximum absolute atomic E-state index is 6.17. The van der Waals surface area contributed by atoms with Crippen molar-refractivity contribution in [2.45, 2.75) is 32.4 Å². The molecule has 0 spiro atoms. The van der Waals surface area contributed by atoms with E-state index in [0.717, 1.165) is 25.3 Å². The zero-order valence-electron chi connectivity index (χ0n) is 12.7. The molecule has 4 nitrogen and oxygen atoms in total. The van der Waals surface area contributed by atoms with Gasteiger partial charge in [0.25, 0.3) is 0 Å². The van der Waals surface area contributed by atoms with E-state index in [0.29, 0.717) is 11.9 Å². The first-order valence-electron chi connectivity index (χ1n) is 7.37. The maximum atomic E-state index is 6.17. The van der Waals surface area contributed by atoms with Crippen LogP contribution in [0, 0.1) is 6.92 Å².